The van der Waals surface area contributed by atoms with E-state index in [0.29, 0.717) is 27.8 Å². The molecule has 160 valence electrons. The van der Waals surface area contributed by atoms with Gasteiger partial charge in [0, 0.05) is 6.07 Å². The van der Waals surface area contributed by atoms with E-state index in [1.807, 2.05) is 6.92 Å². The van der Waals surface area contributed by atoms with Crippen LogP contribution in [-0.4, -0.2) is 26.4 Å². The van der Waals surface area contributed by atoms with E-state index in [2.05, 4.69) is 0 Å². The molecule has 0 aliphatic heterocycles. The number of hydrogen-bond donors (Lipinski definition) is 1. The van der Waals surface area contributed by atoms with Crippen LogP contribution in [0.1, 0.15) is 11.1 Å². The molecule has 0 saturated heterocycles. The number of aryl methyl sites for hydroxylation is 2. The highest BCUT2D eigenvalue weighted by molar-refractivity contribution is 6.04. The third-order valence-corrected chi connectivity index (χ3v) is 5.18. The fourth-order valence-corrected chi connectivity index (χ4v) is 3.93. The smallest absolute Gasteiger partial charge is 0.348 e. The van der Waals surface area contributed by atoms with E-state index in [1.54, 1.807) is 13.0 Å². The van der Waals surface area contributed by atoms with Crippen LogP contribution in [0.3, 0.4) is 0 Å². The Hall–Kier alpha value is -3.94. The van der Waals surface area contributed by atoms with Crippen molar-refractivity contribution in [3.8, 4) is 34.1 Å². The van der Waals surface area contributed by atoms with Gasteiger partial charge in [0.25, 0.3) is 0 Å². The summed E-state index contributed by atoms with van der Waals surface area (Å²) in [6, 6.07) is 5.82. The standard InChI is InChI=1S/C23H20O8/c1-10-6-12(24)8-15-18(10)21(29-5)20(23(26)30-15)19-13(27-3)7-11(2)17-14(28-4)9-16(25)31-22(17)19/h6-9,24H,1-5H3. The van der Waals surface area contributed by atoms with E-state index >= 15 is 0 Å². The fraction of sp³-hybridized carbons (Fsp3) is 0.217. The lowest BCUT2D eigenvalue weighted by Crippen LogP contribution is -2.09. The summed E-state index contributed by atoms with van der Waals surface area (Å²) in [4.78, 5) is 25.4. The molecule has 2 aromatic heterocycles. The molecule has 0 spiro atoms. The quantitative estimate of drug-likeness (QED) is 0.491. The molecule has 4 aromatic rings. The van der Waals surface area contributed by atoms with E-state index in [-0.39, 0.29) is 33.8 Å². The highest BCUT2D eigenvalue weighted by Gasteiger charge is 2.27. The number of phenolic OH excluding ortho intramolecular Hbond substituents is 1. The normalized spacial score (nSPS) is 11.1. The molecular formula is C23H20O8. The van der Waals surface area contributed by atoms with Crippen molar-refractivity contribution < 1.29 is 28.2 Å². The monoisotopic (exact) mass is 424 g/mol. The molecule has 0 fully saturated rings. The second kappa shape index (κ2) is 7.39. The van der Waals surface area contributed by atoms with Gasteiger partial charge in [-0.05, 0) is 37.1 Å². The van der Waals surface area contributed by atoms with Gasteiger partial charge >= 0.3 is 11.3 Å². The van der Waals surface area contributed by atoms with Crippen molar-refractivity contribution in [3.05, 3.63) is 56.2 Å². The van der Waals surface area contributed by atoms with Crippen LogP contribution in [0.2, 0.25) is 0 Å². The SMILES string of the molecule is COc1cc(C)c2c(OC)cc(=O)oc2c1-c1c(OC)c2c(C)cc(O)cc2oc1=O. The summed E-state index contributed by atoms with van der Waals surface area (Å²) < 4.78 is 27.6. The number of aromatic hydroxyl groups is 1. The lowest BCUT2D eigenvalue weighted by atomic mass is 9.96. The van der Waals surface area contributed by atoms with Crippen LogP contribution in [-0.2, 0) is 0 Å². The number of ether oxygens (including phenoxy) is 3. The zero-order valence-corrected chi connectivity index (χ0v) is 17.6. The van der Waals surface area contributed by atoms with Crippen molar-refractivity contribution in [2.75, 3.05) is 21.3 Å². The first kappa shape index (κ1) is 20.3. The van der Waals surface area contributed by atoms with Gasteiger partial charge in [-0.25, -0.2) is 9.59 Å². The number of fused-ring (bicyclic) bond motifs is 2. The second-order valence-corrected chi connectivity index (χ2v) is 7.04. The molecule has 0 amide bonds. The Bertz CT molecular complexity index is 1460. The van der Waals surface area contributed by atoms with Crippen LogP contribution in [0.4, 0.5) is 0 Å². The molecule has 2 heterocycles. The second-order valence-electron chi connectivity index (χ2n) is 7.04. The highest BCUT2D eigenvalue weighted by atomic mass is 16.5. The Morgan fingerprint density at radius 3 is 2.10 bits per heavy atom. The molecule has 0 bridgehead atoms. The van der Waals surface area contributed by atoms with Crippen LogP contribution in [0.5, 0.6) is 23.0 Å². The highest BCUT2D eigenvalue weighted by Crippen LogP contribution is 2.45. The number of benzene rings is 2. The maximum Gasteiger partial charge on any atom is 0.348 e. The Morgan fingerprint density at radius 1 is 0.774 bits per heavy atom. The van der Waals surface area contributed by atoms with Crippen molar-refractivity contribution in [2.45, 2.75) is 13.8 Å². The van der Waals surface area contributed by atoms with E-state index in [9.17, 15) is 14.7 Å². The van der Waals surface area contributed by atoms with Gasteiger partial charge in [-0.15, -0.1) is 0 Å². The first-order valence-corrected chi connectivity index (χ1v) is 9.34. The van der Waals surface area contributed by atoms with Gasteiger partial charge in [0.1, 0.15) is 34.1 Å². The van der Waals surface area contributed by atoms with Gasteiger partial charge < -0.3 is 28.2 Å². The molecule has 8 nitrogen and oxygen atoms in total. The van der Waals surface area contributed by atoms with Gasteiger partial charge in [-0.2, -0.15) is 0 Å². The van der Waals surface area contributed by atoms with Gasteiger partial charge in [-0.1, -0.05) is 0 Å². The molecule has 0 aliphatic rings. The van der Waals surface area contributed by atoms with Gasteiger partial charge in [0.2, 0.25) is 0 Å². The summed E-state index contributed by atoms with van der Waals surface area (Å²) >= 11 is 0. The predicted molar refractivity (Wildman–Crippen MR) is 115 cm³/mol. The van der Waals surface area contributed by atoms with Crippen molar-refractivity contribution >= 4 is 21.9 Å². The molecule has 0 radical (unpaired) electrons. The van der Waals surface area contributed by atoms with Crippen molar-refractivity contribution in [3.63, 3.8) is 0 Å². The average molecular weight is 424 g/mol. The summed E-state index contributed by atoms with van der Waals surface area (Å²) in [5, 5.41) is 10.9. The number of methoxy groups -OCH3 is 3. The Labute approximate surface area is 176 Å². The van der Waals surface area contributed by atoms with Crippen molar-refractivity contribution in [1.82, 2.24) is 0 Å². The summed E-state index contributed by atoms with van der Waals surface area (Å²) in [5.41, 5.74) is 0.473. The first-order valence-electron chi connectivity index (χ1n) is 9.34. The third kappa shape index (κ3) is 3.07. The lowest BCUT2D eigenvalue weighted by molar-refractivity contribution is 0.405. The van der Waals surface area contributed by atoms with Crippen LogP contribution < -0.4 is 25.5 Å². The molecular weight excluding hydrogens is 404 g/mol. The maximum atomic E-state index is 13.1. The van der Waals surface area contributed by atoms with Crippen molar-refractivity contribution in [2.24, 2.45) is 0 Å². The third-order valence-electron chi connectivity index (χ3n) is 5.18. The number of phenols is 1. The zero-order chi connectivity index (χ0) is 22.4. The molecule has 0 atom stereocenters. The molecule has 0 unspecified atom stereocenters. The zero-order valence-electron chi connectivity index (χ0n) is 17.6. The van der Waals surface area contributed by atoms with Crippen LogP contribution in [0.15, 0.2) is 42.7 Å². The summed E-state index contributed by atoms with van der Waals surface area (Å²) in [5.74, 6) is 0.760. The summed E-state index contributed by atoms with van der Waals surface area (Å²) in [6.45, 7) is 3.56. The van der Waals surface area contributed by atoms with E-state index in [1.165, 1.54) is 39.5 Å². The number of rotatable bonds is 4. The molecule has 8 heteroatoms. The Morgan fingerprint density at radius 2 is 1.45 bits per heavy atom. The van der Waals surface area contributed by atoms with E-state index in [0.717, 1.165) is 5.56 Å². The molecule has 2 aromatic carbocycles. The van der Waals surface area contributed by atoms with Crippen LogP contribution >= 0.6 is 0 Å². The Kier molecular flexibility index (Phi) is 4.85. The topological polar surface area (TPSA) is 108 Å². The molecule has 0 saturated carbocycles. The van der Waals surface area contributed by atoms with E-state index in [4.69, 9.17) is 23.0 Å². The van der Waals surface area contributed by atoms with Crippen LogP contribution in [0, 0.1) is 13.8 Å². The lowest BCUT2D eigenvalue weighted by Gasteiger charge is -2.17. The van der Waals surface area contributed by atoms with Gasteiger partial charge in [0.15, 0.2) is 5.58 Å². The summed E-state index contributed by atoms with van der Waals surface area (Å²) in [6.07, 6.45) is 0. The van der Waals surface area contributed by atoms with Gasteiger partial charge in [0.05, 0.1) is 43.7 Å². The Balaban J connectivity index is 2.29. The predicted octanol–water partition coefficient (Wildman–Crippen LogP) is 3.91. The van der Waals surface area contributed by atoms with Gasteiger partial charge in [-0.3, -0.25) is 0 Å². The minimum Gasteiger partial charge on any atom is -0.508 e. The van der Waals surface area contributed by atoms with E-state index < -0.39 is 11.3 Å². The van der Waals surface area contributed by atoms with Crippen LogP contribution in [0.25, 0.3) is 33.1 Å². The molecule has 4 rings (SSSR count). The largest absolute Gasteiger partial charge is 0.508 e. The minimum absolute atomic E-state index is 0.0297. The fourth-order valence-electron chi connectivity index (χ4n) is 3.93. The first-order chi connectivity index (χ1) is 14.8. The molecule has 0 aliphatic carbocycles. The average Bonchev–Trinajstić information content (AvgIpc) is 2.72. The molecule has 31 heavy (non-hydrogen) atoms. The minimum atomic E-state index is -0.747. The van der Waals surface area contributed by atoms with Crippen molar-refractivity contribution in [1.29, 1.82) is 0 Å². The molecule has 1 N–H and O–H groups in total. The number of hydrogen-bond acceptors (Lipinski definition) is 8. The summed E-state index contributed by atoms with van der Waals surface area (Å²) in [7, 11) is 4.31. The maximum absolute atomic E-state index is 13.1.